The Balaban J connectivity index is 1.70. The van der Waals surface area contributed by atoms with Crippen LogP contribution in [0.1, 0.15) is 50.1 Å². The first-order valence-corrected chi connectivity index (χ1v) is 8.28. The Bertz CT molecular complexity index is 530. The van der Waals surface area contributed by atoms with Crippen LogP contribution in [-0.2, 0) is 0 Å². The third-order valence-electron chi connectivity index (χ3n) is 6.14. The van der Waals surface area contributed by atoms with Crippen molar-refractivity contribution in [3.05, 3.63) is 28.5 Å². The summed E-state index contributed by atoms with van der Waals surface area (Å²) in [7, 11) is 0. The molecule has 0 aromatic heterocycles. The summed E-state index contributed by atoms with van der Waals surface area (Å²) in [6, 6.07) is 2.83. The van der Waals surface area contributed by atoms with Gasteiger partial charge in [-0.15, -0.1) is 0 Å². The lowest BCUT2D eigenvalue weighted by Crippen LogP contribution is -2.50. The Labute approximate surface area is 129 Å². The number of nitrogens with two attached hydrogens (primary N) is 1. The molecule has 0 heterocycles. The average Bonchev–Trinajstić information content (AvgIpc) is 2.42. The fraction of sp³-hybridized carbons (Fsp3) is 0.647. The van der Waals surface area contributed by atoms with E-state index in [1.54, 1.807) is 6.07 Å². The molecule has 2 nitrogen and oxygen atoms in total. The van der Waals surface area contributed by atoms with Crippen molar-refractivity contribution >= 4 is 11.6 Å². The molecule has 4 aliphatic rings. The van der Waals surface area contributed by atoms with Crippen molar-refractivity contribution in [3.63, 3.8) is 0 Å². The lowest BCUT2D eigenvalue weighted by atomic mass is 9.47. The Morgan fingerprint density at radius 3 is 2.14 bits per heavy atom. The molecule has 114 valence electrons. The summed E-state index contributed by atoms with van der Waals surface area (Å²) >= 11 is 5.93. The first-order chi connectivity index (χ1) is 9.97. The second kappa shape index (κ2) is 4.60. The zero-order valence-corrected chi connectivity index (χ0v) is 12.7. The SMILES string of the molecule is NC(c1cc(F)c(O)c(Cl)c1)C12CC3CC(CC(C3)C1)C2. The second-order valence-electron chi connectivity index (χ2n) is 7.59. The van der Waals surface area contributed by atoms with Gasteiger partial charge in [0.2, 0.25) is 0 Å². The van der Waals surface area contributed by atoms with Gasteiger partial charge < -0.3 is 10.8 Å². The van der Waals surface area contributed by atoms with E-state index in [2.05, 4.69) is 0 Å². The van der Waals surface area contributed by atoms with E-state index in [0.29, 0.717) is 0 Å². The van der Waals surface area contributed by atoms with Crippen molar-refractivity contribution in [1.82, 2.24) is 0 Å². The number of rotatable bonds is 2. The zero-order valence-electron chi connectivity index (χ0n) is 12.0. The Kier molecular flexibility index (Phi) is 3.03. The van der Waals surface area contributed by atoms with Crippen LogP contribution in [0, 0.1) is 29.0 Å². The minimum atomic E-state index is -0.669. The molecule has 1 aromatic rings. The average molecular weight is 310 g/mol. The van der Waals surface area contributed by atoms with Crippen LogP contribution >= 0.6 is 11.6 Å². The van der Waals surface area contributed by atoms with E-state index in [4.69, 9.17) is 17.3 Å². The molecule has 3 N–H and O–H groups in total. The molecule has 4 bridgehead atoms. The minimum absolute atomic E-state index is 0.0604. The molecule has 4 saturated carbocycles. The van der Waals surface area contributed by atoms with E-state index in [1.165, 1.54) is 44.6 Å². The third kappa shape index (κ3) is 2.08. The Morgan fingerprint density at radius 1 is 1.14 bits per heavy atom. The van der Waals surface area contributed by atoms with Gasteiger partial charge >= 0.3 is 0 Å². The Morgan fingerprint density at radius 2 is 1.67 bits per heavy atom. The highest BCUT2D eigenvalue weighted by molar-refractivity contribution is 6.32. The summed E-state index contributed by atoms with van der Waals surface area (Å²) in [5, 5.41) is 9.56. The van der Waals surface area contributed by atoms with Gasteiger partial charge in [0.15, 0.2) is 11.6 Å². The van der Waals surface area contributed by atoms with Crippen LogP contribution in [0.3, 0.4) is 0 Å². The van der Waals surface area contributed by atoms with Crippen LogP contribution in [0.5, 0.6) is 5.75 Å². The number of hydrogen-bond acceptors (Lipinski definition) is 2. The molecule has 1 aromatic carbocycles. The normalized spacial score (nSPS) is 38.7. The largest absolute Gasteiger partial charge is 0.504 e. The van der Waals surface area contributed by atoms with Crippen molar-refractivity contribution < 1.29 is 9.50 Å². The maximum atomic E-state index is 13.8. The molecule has 21 heavy (non-hydrogen) atoms. The van der Waals surface area contributed by atoms with E-state index in [9.17, 15) is 9.50 Å². The molecular weight excluding hydrogens is 289 g/mol. The minimum Gasteiger partial charge on any atom is -0.504 e. The summed E-state index contributed by atoms with van der Waals surface area (Å²) in [4.78, 5) is 0. The topological polar surface area (TPSA) is 46.2 Å². The van der Waals surface area contributed by atoms with E-state index in [0.717, 1.165) is 23.3 Å². The highest BCUT2D eigenvalue weighted by Gasteiger charge is 2.53. The lowest BCUT2D eigenvalue weighted by molar-refractivity contribution is -0.0678. The first-order valence-electron chi connectivity index (χ1n) is 7.90. The van der Waals surface area contributed by atoms with E-state index in [-0.39, 0.29) is 16.5 Å². The second-order valence-corrected chi connectivity index (χ2v) is 8.00. The molecule has 0 radical (unpaired) electrons. The van der Waals surface area contributed by atoms with Crippen LogP contribution in [0.15, 0.2) is 12.1 Å². The summed E-state index contributed by atoms with van der Waals surface area (Å²) in [5.41, 5.74) is 7.42. The quantitative estimate of drug-likeness (QED) is 0.850. The maximum absolute atomic E-state index is 13.8. The van der Waals surface area contributed by atoms with Crippen molar-refractivity contribution in [2.75, 3.05) is 0 Å². The van der Waals surface area contributed by atoms with Gasteiger partial charge in [-0.25, -0.2) is 4.39 Å². The first kappa shape index (κ1) is 13.8. The monoisotopic (exact) mass is 309 g/mol. The highest BCUT2D eigenvalue weighted by Crippen LogP contribution is 2.63. The van der Waals surface area contributed by atoms with Gasteiger partial charge in [-0.2, -0.15) is 0 Å². The van der Waals surface area contributed by atoms with E-state index >= 15 is 0 Å². The van der Waals surface area contributed by atoms with Crippen LogP contribution in [-0.4, -0.2) is 5.11 Å². The number of aromatic hydroxyl groups is 1. The molecule has 1 atom stereocenters. The van der Waals surface area contributed by atoms with Crippen molar-refractivity contribution in [2.24, 2.45) is 28.9 Å². The molecule has 1 unspecified atom stereocenters. The standard InChI is InChI=1S/C17H21ClFNO/c18-13-4-12(5-14(19)15(13)21)16(20)17-6-9-1-10(7-17)3-11(2-9)8-17/h4-5,9-11,16,21H,1-3,6-8,20H2. The maximum Gasteiger partial charge on any atom is 0.170 e. The van der Waals surface area contributed by atoms with Crippen molar-refractivity contribution in [3.8, 4) is 5.75 Å². The van der Waals surface area contributed by atoms with Crippen molar-refractivity contribution in [1.29, 1.82) is 0 Å². The predicted octanol–water partition coefficient (Wildman–Crippen LogP) is 4.40. The van der Waals surface area contributed by atoms with Crippen molar-refractivity contribution in [2.45, 2.75) is 44.6 Å². The van der Waals surface area contributed by atoms with Gasteiger partial charge in [-0.1, -0.05) is 11.6 Å². The fourth-order valence-electron chi connectivity index (χ4n) is 5.68. The highest BCUT2D eigenvalue weighted by atomic mass is 35.5. The third-order valence-corrected chi connectivity index (χ3v) is 6.43. The van der Waals surface area contributed by atoms with Gasteiger partial charge in [0, 0.05) is 6.04 Å². The predicted molar refractivity (Wildman–Crippen MR) is 80.6 cm³/mol. The van der Waals surface area contributed by atoms with Crippen LogP contribution < -0.4 is 5.73 Å². The van der Waals surface area contributed by atoms with Gasteiger partial charge in [0.25, 0.3) is 0 Å². The summed E-state index contributed by atoms with van der Waals surface area (Å²) in [5.74, 6) is 1.27. The zero-order chi connectivity index (χ0) is 14.8. The van der Waals surface area contributed by atoms with Crippen LogP contribution in [0.2, 0.25) is 5.02 Å². The molecular formula is C17H21ClFNO. The smallest absolute Gasteiger partial charge is 0.170 e. The molecule has 5 rings (SSSR count). The van der Waals surface area contributed by atoms with E-state index in [1.807, 2.05) is 0 Å². The van der Waals surface area contributed by atoms with Gasteiger partial charge in [-0.3, -0.25) is 0 Å². The summed E-state index contributed by atoms with van der Waals surface area (Å²) < 4.78 is 13.8. The van der Waals surface area contributed by atoms with Crippen LogP contribution in [0.25, 0.3) is 0 Å². The summed E-state index contributed by atoms with van der Waals surface area (Å²) in [6.45, 7) is 0. The number of hydrogen-bond donors (Lipinski definition) is 2. The van der Waals surface area contributed by atoms with Gasteiger partial charge in [0.05, 0.1) is 5.02 Å². The molecule has 0 amide bonds. The summed E-state index contributed by atoms with van der Waals surface area (Å²) in [6.07, 6.45) is 7.57. The number of phenols is 1. The fourth-order valence-corrected chi connectivity index (χ4v) is 5.89. The number of benzene rings is 1. The molecule has 4 heteroatoms. The number of halogens is 2. The van der Waals surface area contributed by atoms with Gasteiger partial charge in [0.1, 0.15) is 0 Å². The number of phenolic OH excluding ortho intramolecular Hbond substituents is 1. The molecule has 0 aliphatic heterocycles. The molecule has 4 fully saturated rings. The Hall–Kier alpha value is -0.800. The molecule has 0 spiro atoms. The molecule has 4 aliphatic carbocycles. The lowest BCUT2D eigenvalue weighted by Gasteiger charge is -2.59. The van der Waals surface area contributed by atoms with Crippen LogP contribution in [0.4, 0.5) is 4.39 Å². The van der Waals surface area contributed by atoms with Gasteiger partial charge in [-0.05, 0) is 79.4 Å². The van der Waals surface area contributed by atoms with E-state index < -0.39 is 11.6 Å². The molecule has 0 saturated heterocycles.